The average molecular weight is 414 g/mol. The van der Waals surface area contributed by atoms with Crippen molar-refractivity contribution in [1.29, 1.82) is 0 Å². The van der Waals surface area contributed by atoms with Crippen LogP contribution in [0.5, 0.6) is 0 Å². The van der Waals surface area contributed by atoms with Crippen LogP contribution in [-0.4, -0.2) is 23.4 Å². The van der Waals surface area contributed by atoms with E-state index in [0.29, 0.717) is 17.9 Å². The highest BCUT2D eigenvalue weighted by molar-refractivity contribution is 5.93. The number of rotatable bonds is 4. The summed E-state index contributed by atoms with van der Waals surface area (Å²) in [5.41, 5.74) is 10.1. The van der Waals surface area contributed by atoms with Gasteiger partial charge in [0, 0.05) is 30.7 Å². The zero-order chi connectivity index (χ0) is 17.4. The van der Waals surface area contributed by atoms with Gasteiger partial charge in [0.2, 0.25) is 5.91 Å². The Labute approximate surface area is 175 Å². The Balaban J connectivity index is 0.00000131. The first-order valence-corrected chi connectivity index (χ1v) is 10.0. The molecule has 6 heteroatoms. The van der Waals surface area contributed by atoms with E-state index in [2.05, 4.69) is 35.3 Å². The number of carbonyl (C=O) groups excluding carboxylic acids is 1. The highest BCUT2D eigenvalue weighted by atomic mass is 35.5. The fraction of sp³-hybridized carbons (Fsp3) is 0.667. The van der Waals surface area contributed by atoms with Gasteiger partial charge >= 0.3 is 0 Å². The van der Waals surface area contributed by atoms with Crippen molar-refractivity contribution < 1.29 is 4.79 Å². The summed E-state index contributed by atoms with van der Waals surface area (Å²) in [4.78, 5) is 15.4. The van der Waals surface area contributed by atoms with Crippen LogP contribution in [-0.2, 0) is 17.9 Å². The number of nitrogens with one attached hydrogen (secondary N) is 1. The number of anilines is 1. The molecule has 0 spiro atoms. The van der Waals surface area contributed by atoms with Crippen molar-refractivity contribution >= 4 is 36.4 Å². The van der Waals surface area contributed by atoms with Crippen molar-refractivity contribution in [1.82, 2.24) is 4.90 Å². The number of amides is 1. The molecule has 2 fully saturated rings. The smallest absolute Gasteiger partial charge is 0.227 e. The van der Waals surface area contributed by atoms with Crippen LogP contribution in [0.15, 0.2) is 18.2 Å². The Hall–Kier alpha value is -0.810. The van der Waals surface area contributed by atoms with Crippen LogP contribution in [0.1, 0.15) is 56.6 Å². The predicted molar refractivity (Wildman–Crippen MR) is 116 cm³/mol. The lowest BCUT2D eigenvalue weighted by molar-refractivity contribution is -0.122. The molecule has 2 bridgehead atoms. The SMILES string of the molecule is CCCN1Cc2cccc(NC(=O)C3CC4CCCC(C3)C4N)c2C1.Cl.Cl. The largest absolute Gasteiger partial charge is 0.327 e. The molecule has 152 valence electrons. The number of halogens is 2. The van der Waals surface area contributed by atoms with E-state index in [1.165, 1.54) is 36.8 Å². The fourth-order valence-electron chi connectivity index (χ4n) is 5.32. The Kier molecular flexibility index (Phi) is 7.99. The number of nitrogens with two attached hydrogens (primary N) is 1. The molecule has 2 aliphatic carbocycles. The van der Waals surface area contributed by atoms with E-state index in [1.807, 2.05) is 0 Å². The van der Waals surface area contributed by atoms with Gasteiger partial charge in [0.1, 0.15) is 0 Å². The van der Waals surface area contributed by atoms with Gasteiger partial charge in [0.25, 0.3) is 0 Å². The molecule has 4 nitrogen and oxygen atoms in total. The van der Waals surface area contributed by atoms with Crippen LogP contribution in [0.25, 0.3) is 0 Å². The second-order valence-corrected chi connectivity index (χ2v) is 8.34. The van der Waals surface area contributed by atoms with Gasteiger partial charge < -0.3 is 11.1 Å². The molecule has 2 atom stereocenters. The van der Waals surface area contributed by atoms with Gasteiger partial charge in [-0.05, 0) is 67.7 Å². The summed E-state index contributed by atoms with van der Waals surface area (Å²) in [6, 6.07) is 6.67. The maximum absolute atomic E-state index is 12.9. The molecule has 2 saturated carbocycles. The number of fused-ring (bicyclic) bond motifs is 3. The molecule has 4 rings (SSSR count). The Morgan fingerprint density at radius 1 is 1.19 bits per heavy atom. The van der Waals surface area contributed by atoms with Gasteiger partial charge in [-0.3, -0.25) is 9.69 Å². The second-order valence-electron chi connectivity index (χ2n) is 8.34. The van der Waals surface area contributed by atoms with Crippen LogP contribution in [0.4, 0.5) is 5.69 Å². The molecular weight excluding hydrogens is 381 g/mol. The molecule has 0 radical (unpaired) electrons. The van der Waals surface area contributed by atoms with Gasteiger partial charge in [-0.15, -0.1) is 24.8 Å². The first-order chi connectivity index (χ1) is 12.2. The minimum absolute atomic E-state index is 0. The molecule has 1 amide bonds. The standard InChI is InChI=1S/C21H31N3O.2ClH/c1-2-9-24-12-16-7-4-8-19(18(16)13-24)23-21(25)17-10-14-5-3-6-15(11-17)20(14)22;;/h4,7-8,14-15,17,20H,2-3,5-6,9-13,22H2,1H3,(H,23,25);2*1H. The highest BCUT2D eigenvalue weighted by Gasteiger charge is 2.40. The molecule has 3 N–H and O–H groups in total. The fourth-order valence-corrected chi connectivity index (χ4v) is 5.32. The molecule has 1 aromatic rings. The minimum atomic E-state index is 0. The van der Waals surface area contributed by atoms with Crippen LogP contribution in [0, 0.1) is 17.8 Å². The molecule has 0 saturated heterocycles. The molecule has 1 aliphatic heterocycles. The van der Waals surface area contributed by atoms with Gasteiger partial charge in [0.05, 0.1) is 0 Å². The van der Waals surface area contributed by atoms with Crippen molar-refractivity contribution in [3.05, 3.63) is 29.3 Å². The summed E-state index contributed by atoms with van der Waals surface area (Å²) in [5.74, 6) is 1.44. The molecular formula is C21H33Cl2N3O. The number of hydrogen-bond acceptors (Lipinski definition) is 3. The Morgan fingerprint density at radius 2 is 1.89 bits per heavy atom. The van der Waals surface area contributed by atoms with Crippen LogP contribution in [0.3, 0.4) is 0 Å². The average Bonchev–Trinajstić information content (AvgIpc) is 2.98. The van der Waals surface area contributed by atoms with Crippen LogP contribution in [0.2, 0.25) is 0 Å². The lowest BCUT2D eigenvalue weighted by Gasteiger charge is -2.43. The van der Waals surface area contributed by atoms with E-state index >= 15 is 0 Å². The van der Waals surface area contributed by atoms with E-state index in [4.69, 9.17) is 5.73 Å². The summed E-state index contributed by atoms with van der Waals surface area (Å²) < 4.78 is 0. The number of nitrogens with zero attached hydrogens (tertiary/aromatic N) is 1. The first-order valence-electron chi connectivity index (χ1n) is 10.0. The summed E-state index contributed by atoms with van der Waals surface area (Å²) in [6.07, 6.45) is 6.81. The van der Waals surface area contributed by atoms with E-state index in [0.717, 1.165) is 38.2 Å². The highest BCUT2D eigenvalue weighted by Crippen LogP contribution is 2.42. The number of benzene rings is 1. The van der Waals surface area contributed by atoms with Gasteiger partial charge in [0.15, 0.2) is 0 Å². The Morgan fingerprint density at radius 3 is 2.56 bits per heavy atom. The molecule has 3 aliphatic rings. The summed E-state index contributed by atoms with van der Waals surface area (Å²) in [7, 11) is 0. The number of hydrogen-bond donors (Lipinski definition) is 2. The third-order valence-electron chi connectivity index (χ3n) is 6.63. The zero-order valence-corrected chi connectivity index (χ0v) is 17.8. The number of carbonyl (C=O) groups is 1. The predicted octanol–water partition coefficient (Wildman–Crippen LogP) is 4.35. The van der Waals surface area contributed by atoms with E-state index < -0.39 is 0 Å². The molecule has 2 unspecified atom stereocenters. The Bertz CT molecular complexity index is 640. The normalized spacial score (nSPS) is 29.3. The lowest BCUT2D eigenvalue weighted by atomic mass is 9.65. The van der Waals surface area contributed by atoms with Gasteiger partial charge in [-0.1, -0.05) is 25.5 Å². The summed E-state index contributed by atoms with van der Waals surface area (Å²) in [5, 5.41) is 3.27. The molecule has 0 aromatic heterocycles. The third kappa shape index (κ3) is 4.61. The summed E-state index contributed by atoms with van der Waals surface area (Å²) >= 11 is 0. The van der Waals surface area contributed by atoms with Crippen LogP contribution < -0.4 is 11.1 Å². The van der Waals surface area contributed by atoms with E-state index in [1.54, 1.807) is 0 Å². The van der Waals surface area contributed by atoms with E-state index in [-0.39, 0.29) is 36.6 Å². The topological polar surface area (TPSA) is 58.4 Å². The van der Waals surface area contributed by atoms with Crippen molar-refractivity contribution in [3.8, 4) is 0 Å². The maximum atomic E-state index is 12.9. The van der Waals surface area contributed by atoms with Gasteiger partial charge in [-0.2, -0.15) is 0 Å². The summed E-state index contributed by atoms with van der Waals surface area (Å²) in [6.45, 7) is 5.30. The zero-order valence-electron chi connectivity index (χ0n) is 16.2. The van der Waals surface area contributed by atoms with Crippen LogP contribution >= 0.6 is 24.8 Å². The minimum Gasteiger partial charge on any atom is -0.327 e. The monoisotopic (exact) mass is 413 g/mol. The van der Waals surface area contributed by atoms with Crippen molar-refractivity contribution in [2.45, 2.75) is 64.6 Å². The maximum Gasteiger partial charge on any atom is 0.227 e. The third-order valence-corrected chi connectivity index (χ3v) is 6.63. The van der Waals surface area contributed by atoms with Crippen molar-refractivity contribution in [3.63, 3.8) is 0 Å². The van der Waals surface area contributed by atoms with Gasteiger partial charge in [-0.25, -0.2) is 0 Å². The second kappa shape index (κ2) is 9.60. The van der Waals surface area contributed by atoms with Crippen molar-refractivity contribution in [2.75, 3.05) is 11.9 Å². The molecule has 1 aromatic carbocycles. The van der Waals surface area contributed by atoms with Crippen molar-refractivity contribution in [2.24, 2.45) is 23.5 Å². The lowest BCUT2D eigenvalue weighted by Crippen LogP contribution is -2.48. The molecule has 1 heterocycles. The first kappa shape index (κ1) is 22.5. The quantitative estimate of drug-likeness (QED) is 0.770. The molecule has 27 heavy (non-hydrogen) atoms. The van der Waals surface area contributed by atoms with E-state index in [9.17, 15) is 4.79 Å².